The molecule has 6 bridgehead atoms. The first kappa shape index (κ1) is 26.9. The molecule has 0 fully saturated rings. The Labute approximate surface area is 217 Å². The molecule has 0 spiro atoms. The molecule has 3 N–H and O–H groups in total. The predicted molar refractivity (Wildman–Crippen MR) is 136 cm³/mol. The van der Waals surface area contributed by atoms with Gasteiger partial charge in [0.1, 0.15) is 36.4 Å². The second-order valence-electron chi connectivity index (χ2n) is 10.9. The Kier molecular flexibility index (Phi) is 7.48. The summed E-state index contributed by atoms with van der Waals surface area (Å²) in [5.74, 6) is -0.301. The van der Waals surface area contributed by atoms with Crippen molar-refractivity contribution < 1.29 is 28.6 Å². The zero-order valence-electron chi connectivity index (χ0n) is 22.6. The number of ether oxygens (including phenoxy) is 3. The minimum Gasteiger partial charge on any atom is -0.474 e. The molecule has 4 aliphatic heterocycles. The van der Waals surface area contributed by atoms with Crippen molar-refractivity contribution in [3.63, 3.8) is 0 Å². The van der Waals surface area contributed by atoms with Crippen LogP contribution >= 0.6 is 0 Å². The molecule has 0 unspecified atom stereocenters. The lowest BCUT2D eigenvalue weighted by Crippen LogP contribution is -2.49. The Bertz CT molecular complexity index is 1030. The van der Waals surface area contributed by atoms with E-state index in [0.717, 1.165) is 0 Å². The Morgan fingerprint density at radius 1 is 0.568 bits per heavy atom. The van der Waals surface area contributed by atoms with E-state index in [2.05, 4.69) is 30.9 Å². The third-order valence-corrected chi connectivity index (χ3v) is 7.05. The first-order valence-electron chi connectivity index (χ1n) is 13.0. The fourth-order valence-electron chi connectivity index (χ4n) is 4.78. The number of hydrogen-bond donors (Lipinski definition) is 3. The van der Waals surface area contributed by atoms with Gasteiger partial charge in [-0.05, 0) is 39.5 Å². The van der Waals surface area contributed by atoms with Gasteiger partial charge < -0.3 is 30.2 Å². The fourth-order valence-corrected chi connectivity index (χ4v) is 4.78. The zero-order valence-corrected chi connectivity index (χ0v) is 22.6. The van der Waals surface area contributed by atoms with E-state index < -0.39 is 54.6 Å². The molecule has 0 aromatic rings. The van der Waals surface area contributed by atoms with Gasteiger partial charge in [0.05, 0.1) is 0 Å². The Morgan fingerprint density at radius 3 is 1.27 bits per heavy atom. The molecule has 12 heteroatoms. The maximum Gasteiger partial charge on any atom is 0.249 e. The van der Waals surface area contributed by atoms with Gasteiger partial charge in [0, 0.05) is 0 Å². The summed E-state index contributed by atoms with van der Waals surface area (Å²) in [5.41, 5.74) is 0. The van der Waals surface area contributed by atoms with Crippen LogP contribution in [0.15, 0.2) is 15.0 Å². The van der Waals surface area contributed by atoms with E-state index in [1.54, 1.807) is 27.7 Å². The Balaban J connectivity index is 1.72. The summed E-state index contributed by atoms with van der Waals surface area (Å²) in [6.07, 6.45) is -1.60. The van der Waals surface area contributed by atoms with Gasteiger partial charge in [-0.15, -0.1) is 0 Å². The van der Waals surface area contributed by atoms with Crippen molar-refractivity contribution in [1.82, 2.24) is 16.0 Å². The summed E-state index contributed by atoms with van der Waals surface area (Å²) < 4.78 is 17.8. The molecular weight excluding hydrogens is 480 g/mol. The molecule has 0 saturated heterocycles. The molecule has 9 atom stereocenters. The number of rotatable bonds is 2. The van der Waals surface area contributed by atoms with Crippen LogP contribution in [-0.4, -0.2) is 90.0 Å². The molecule has 3 amide bonds. The maximum atomic E-state index is 13.3. The van der Waals surface area contributed by atoms with Crippen LogP contribution in [0.3, 0.4) is 0 Å². The quantitative estimate of drug-likeness (QED) is 0.480. The van der Waals surface area contributed by atoms with Gasteiger partial charge >= 0.3 is 0 Å². The highest BCUT2D eigenvalue weighted by atomic mass is 16.5. The van der Waals surface area contributed by atoms with Crippen molar-refractivity contribution in [3.8, 4) is 0 Å². The van der Waals surface area contributed by atoms with Crippen molar-refractivity contribution in [2.75, 3.05) is 0 Å². The third-order valence-electron chi connectivity index (χ3n) is 7.05. The van der Waals surface area contributed by atoms with E-state index in [4.69, 9.17) is 14.2 Å². The number of nitrogens with one attached hydrogen (secondary N) is 3. The molecule has 0 aromatic carbocycles. The van der Waals surface area contributed by atoms with Crippen LogP contribution in [0.4, 0.5) is 0 Å². The monoisotopic (exact) mass is 518 g/mol. The SMILES string of the molecule is CC(C)[C@@H]1NC(=O)[C@H]2N=C(O[C@@H]2C)[C@H](C(C)C)NC(=O)[C@H]2N=C(O[C@H]2C)[C@H](C)NC(=O)[C@H]2N=C1O[C@H]2C. The Morgan fingerprint density at radius 2 is 0.892 bits per heavy atom. The smallest absolute Gasteiger partial charge is 0.249 e. The molecule has 0 aliphatic carbocycles. The summed E-state index contributed by atoms with van der Waals surface area (Å²) in [6.45, 7) is 14.8. The third kappa shape index (κ3) is 5.28. The van der Waals surface area contributed by atoms with E-state index >= 15 is 0 Å². The fraction of sp³-hybridized carbons (Fsp3) is 0.760. The average molecular weight is 519 g/mol. The molecule has 4 rings (SSSR count). The highest BCUT2D eigenvalue weighted by Crippen LogP contribution is 2.23. The van der Waals surface area contributed by atoms with E-state index in [1.807, 2.05) is 27.7 Å². The minimum atomic E-state index is -0.814. The predicted octanol–water partition coefficient (Wildman–Crippen LogP) is 0.344. The molecule has 37 heavy (non-hydrogen) atoms. The molecule has 12 nitrogen and oxygen atoms in total. The summed E-state index contributed by atoms with van der Waals surface area (Å²) in [7, 11) is 0. The highest BCUT2D eigenvalue weighted by molar-refractivity contribution is 5.99. The molecule has 4 aliphatic rings. The van der Waals surface area contributed by atoms with Crippen LogP contribution in [0, 0.1) is 11.8 Å². The lowest BCUT2D eigenvalue weighted by molar-refractivity contribution is -0.125. The Hall–Kier alpha value is -3.18. The van der Waals surface area contributed by atoms with E-state index in [0.29, 0.717) is 11.8 Å². The lowest BCUT2D eigenvalue weighted by atomic mass is 10.0. The highest BCUT2D eigenvalue weighted by Gasteiger charge is 2.44. The van der Waals surface area contributed by atoms with Crippen molar-refractivity contribution in [1.29, 1.82) is 0 Å². The standard InChI is InChI=1S/C25H38N6O6/c1-9(2)15-24-30-17(13(7)36-24)20(32)26-11(5)23-29-18(12(6)35-23)21(33)27-16(10(3)4)25-31-19(14(8)37-25)22(34)28-15/h9-19H,1-8H3,(H,26,32)(H,27,33)(H,28,34)/t11-,12-,13-,14+,15-,16-,17-,18-,19-/m0/s1. The van der Waals surface area contributed by atoms with Crippen LogP contribution < -0.4 is 16.0 Å². The molecule has 0 radical (unpaired) electrons. The van der Waals surface area contributed by atoms with Crippen LogP contribution in [0.25, 0.3) is 0 Å². The van der Waals surface area contributed by atoms with Crippen LogP contribution in [0.1, 0.15) is 55.4 Å². The number of amides is 3. The van der Waals surface area contributed by atoms with E-state index in [1.165, 1.54) is 0 Å². The number of carbonyl (C=O) groups is 3. The van der Waals surface area contributed by atoms with Crippen LogP contribution in [-0.2, 0) is 28.6 Å². The van der Waals surface area contributed by atoms with Gasteiger partial charge in [0.25, 0.3) is 0 Å². The number of hydrogen-bond acceptors (Lipinski definition) is 9. The number of fused-ring (bicyclic) bond motifs is 3. The van der Waals surface area contributed by atoms with Crippen molar-refractivity contribution in [2.24, 2.45) is 26.8 Å². The summed E-state index contributed by atoms with van der Waals surface area (Å²) >= 11 is 0. The van der Waals surface area contributed by atoms with Gasteiger partial charge in [-0.1, -0.05) is 27.7 Å². The molecule has 4 heterocycles. The van der Waals surface area contributed by atoms with Gasteiger partial charge in [-0.2, -0.15) is 0 Å². The van der Waals surface area contributed by atoms with E-state index in [-0.39, 0.29) is 35.5 Å². The minimum absolute atomic E-state index is 0.0651. The summed E-state index contributed by atoms with van der Waals surface area (Å²) in [6, 6.07) is -4.12. The first-order valence-corrected chi connectivity index (χ1v) is 13.0. The maximum absolute atomic E-state index is 13.3. The second kappa shape index (κ2) is 10.3. The molecule has 0 saturated carbocycles. The average Bonchev–Trinajstić information content (AvgIpc) is 3.50. The number of aliphatic imine (C=N–C) groups is 3. The molecular formula is C25H38N6O6. The second-order valence-corrected chi connectivity index (χ2v) is 10.9. The molecule has 0 aromatic heterocycles. The zero-order chi connectivity index (χ0) is 27.2. The largest absolute Gasteiger partial charge is 0.474 e. The van der Waals surface area contributed by atoms with Crippen LogP contribution in [0.5, 0.6) is 0 Å². The van der Waals surface area contributed by atoms with Gasteiger partial charge in [0.15, 0.2) is 18.1 Å². The van der Waals surface area contributed by atoms with Gasteiger partial charge in [-0.25, -0.2) is 15.0 Å². The van der Waals surface area contributed by atoms with E-state index in [9.17, 15) is 14.4 Å². The normalized spacial score (nSPS) is 38.3. The summed E-state index contributed by atoms with van der Waals surface area (Å²) in [5, 5.41) is 8.85. The lowest BCUT2D eigenvalue weighted by Gasteiger charge is -2.24. The number of carbonyl (C=O) groups excluding carboxylic acids is 3. The van der Waals surface area contributed by atoms with Gasteiger partial charge in [-0.3, -0.25) is 14.4 Å². The van der Waals surface area contributed by atoms with Crippen molar-refractivity contribution in [2.45, 2.75) is 110 Å². The van der Waals surface area contributed by atoms with Crippen molar-refractivity contribution in [3.05, 3.63) is 0 Å². The van der Waals surface area contributed by atoms with Crippen LogP contribution in [0.2, 0.25) is 0 Å². The molecule has 204 valence electrons. The van der Waals surface area contributed by atoms with Crippen molar-refractivity contribution >= 4 is 35.4 Å². The topological polar surface area (TPSA) is 152 Å². The van der Waals surface area contributed by atoms with Gasteiger partial charge in [0.2, 0.25) is 35.4 Å². The number of nitrogens with zero attached hydrogens (tertiary/aromatic N) is 3. The summed E-state index contributed by atoms with van der Waals surface area (Å²) in [4.78, 5) is 53.3. The first-order chi connectivity index (χ1) is 17.4.